The number of hydrogen-bond donors (Lipinski definition) is 2. The van der Waals surface area contributed by atoms with Crippen LogP contribution in [0.2, 0.25) is 0 Å². The zero-order valence-corrected chi connectivity index (χ0v) is 22.9. The first kappa shape index (κ1) is 30.1. The molecule has 2 N–H and O–H groups in total. The summed E-state index contributed by atoms with van der Waals surface area (Å²) in [6.07, 6.45) is -3.88. The Bertz CT molecular complexity index is 1300. The van der Waals surface area contributed by atoms with Crippen LogP contribution < -0.4 is 14.9 Å². The number of nitrogens with zero attached hydrogens (tertiary/aromatic N) is 2. The van der Waals surface area contributed by atoms with E-state index >= 15 is 0 Å². The van der Waals surface area contributed by atoms with Crippen molar-refractivity contribution in [3.63, 3.8) is 0 Å². The Labute approximate surface area is 222 Å². The zero-order chi connectivity index (χ0) is 28.1. The molecule has 2 aromatic rings. The number of hydrogen-bond acceptors (Lipinski definition) is 6. The molecule has 1 heterocycles. The Balaban J connectivity index is 1.72. The maximum Gasteiger partial charge on any atom is 0.416 e. The minimum Gasteiger partial charge on any atom is -0.354 e. The van der Waals surface area contributed by atoms with Gasteiger partial charge in [0.2, 0.25) is 20.0 Å². The predicted octanol–water partition coefficient (Wildman–Crippen LogP) is 3.74. The summed E-state index contributed by atoms with van der Waals surface area (Å²) in [7, 11) is -7.36. The van der Waals surface area contributed by atoms with Crippen LogP contribution in [0.3, 0.4) is 0 Å². The Kier molecular flexibility index (Phi) is 9.63. The molecule has 1 unspecified atom stereocenters. The first-order chi connectivity index (χ1) is 17.7. The molecule has 13 heteroatoms. The molecule has 0 bridgehead atoms. The molecule has 1 aliphatic rings. The van der Waals surface area contributed by atoms with E-state index in [1.165, 1.54) is 28.6 Å². The Morgan fingerprint density at radius 3 is 2.26 bits per heavy atom. The third kappa shape index (κ3) is 8.03. The van der Waals surface area contributed by atoms with E-state index in [4.69, 9.17) is 0 Å². The molecule has 1 saturated heterocycles. The van der Waals surface area contributed by atoms with Crippen molar-refractivity contribution in [1.82, 2.24) is 14.3 Å². The molecule has 3 rings (SSSR count). The van der Waals surface area contributed by atoms with Gasteiger partial charge in [-0.1, -0.05) is 18.7 Å². The average Bonchev–Trinajstić information content (AvgIpc) is 3.35. The van der Waals surface area contributed by atoms with Gasteiger partial charge in [-0.2, -0.15) is 17.5 Å². The van der Waals surface area contributed by atoms with Gasteiger partial charge in [0, 0.05) is 43.3 Å². The minimum atomic E-state index is -4.41. The van der Waals surface area contributed by atoms with Gasteiger partial charge in [-0.15, -0.1) is 0 Å². The van der Waals surface area contributed by atoms with Crippen molar-refractivity contribution in [1.29, 1.82) is 0 Å². The monoisotopic (exact) mass is 574 g/mol. The third-order valence-corrected chi connectivity index (χ3v) is 9.11. The van der Waals surface area contributed by atoms with Crippen LogP contribution in [0.15, 0.2) is 65.4 Å². The lowest BCUT2D eigenvalue weighted by Gasteiger charge is -2.27. The van der Waals surface area contributed by atoms with Gasteiger partial charge in [0.25, 0.3) is 0 Å². The SMILES string of the molecule is C=CS(=O)(=O)NCC1CCN(S(=O)(=O)c2ccc(N(CNC(C)C)Cc3ccc(C(F)(F)F)cc3)cc2)C1. The minimum absolute atomic E-state index is 0.111. The number of nitrogens with one attached hydrogen (secondary N) is 2. The van der Waals surface area contributed by atoms with E-state index in [1.54, 1.807) is 12.1 Å². The van der Waals surface area contributed by atoms with Crippen molar-refractivity contribution in [3.8, 4) is 0 Å². The Hall–Kier alpha value is -2.45. The lowest BCUT2D eigenvalue weighted by Crippen LogP contribution is -2.37. The summed E-state index contributed by atoms with van der Waals surface area (Å²) >= 11 is 0. The van der Waals surface area contributed by atoms with Gasteiger partial charge < -0.3 is 4.90 Å². The highest BCUT2D eigenvalue weighted by Crippen LogP contribution is 2.30. The van der Waals surface area contributed by atoms with Crippen LogP contribution in [0.5, 0.6) is 0 Å². The molecule has 1 fully saturated rings. The average molecular weight is 575 g/mol. The van der Waals surface area contributed by atoms with Crippen LogP contribution >= 0.6 is 0 Å². The van der Waals surface area contributed by atoms with Gasteiger partial charge in [0.15, 0.2) is 0 Å². The zero-order valence-electron chi connectivity index (χ0n) is 21.3. The lowest BCUT2D eigenvalue weighted by atomic mass is 10.1. The van der Waals surface area contributed by atoms with Gasteiger partial charge in [-0.3, -0.25) is 5.32 Å². The van der Waals surface area contributed by atoms with Crippen LogP contribution in [0.4, 0.5) is 18.9 Å². The number of rotatable bonds is 12. The largest absolute Gasteiger partial charge is 0.416 e. The summed E-state index contributed by atoms with van der Waals surface area (Å²) in [5.74, 6) is -0.153. The van der Waals surface area contributed by atoms with Crippen LogP contribution in [0, 0.1) is 5.92 Å². The third-order valence-electron chi connectivity index (χ3n) is 6.23. The highest BCUT2D eigenvalue weighted by atomic mass is 32.2. The topological polar surface area (TPSA) is 98.8 Å². The second-order valence-corrected chi connectivity index (χ2v) is 13.1. The smallest absolute Gasteiger partial charge is 0.354 e. The highest BCUT2D eigenvalue weighted by molar-refractivity contribution is 7.92. The van der Waals surface area contributed by atoms with Gasteiger partial charge >= 0.3 is 6.18 Å². The van der Waals surface area contributed by atoms with Crippen LogP contribution in [-0.2, 0) is 32.8 Å². The normalized spacial score (nSPS) is 17.2. The maximum absolute atomic E-state index is 13.2. The standard InChI is InChI=1S/C25H33F3N4O4S2/c1-4-37(33,34)30-15-21-13-14-32(17-21)38(35,36)24-11-9-23(10-12-24)31(18-29-19(2)3)16-20-5-7-22(8-6-20)25(26,27)28/h4-12,19,21,29-30H,1,13-18H2,2-3H3. The molecule has 0 amide bonds. The molecule has 2 aromatic carbocycles. The second kappa shape index (κ2) is 12.2. The molecule has 1 aliphatic heterocycles. The predicted molar refractivity (Wildman–Crippen MR) is 141 cm³/mol. The van der Waals surface area contributed by atoms with Gasteiger partial charge in [0.05, 0.1) is 17.1 Å². The summed E-state index contributed by atoms with van der Waals surface area (Å²) in [6.45, 7) is 8.50. The summed E-state index contributed by atoms with van der Waals surface area (Å²) < 4.78 is 92.0. The van der Waals surface area contributed by atoms with Gasteiger partial charge in [-0.05, 0) is 68.1 Å². The van der Waals surface area contributed by atoms with Crippen molar-refractivity contribution >= 4 is 25.7 Å². The van der Waals surface area contributed by atoms with E-state index in [-0.39, 0.29) is 36.5 Å². The number of anilines is 1. The van der Waals surface area contributed by atoms with Crippen molar-refractivity contribution in [2.45, 2.75) is 43.9 Å². The van der Waals surface area contributed by atoms with Gasteiger partial charge in [-0.25, -0.2) is 21.6 Å². The highest BCUT2D eigenvalue weighted by Gasteiger charge is 2.33. The van der Waals surface area contributed by atoms with Crippen LogP contribution in [-0.4, -0.2) is 53.5 Å². The van der Waals surface area contributed by atoms with Crippen LogP contribution in [0.25, 0.3) is 0 Å². The quantitative estimate of drug-likeness (QED) is 0.375. The van der Waals surface area contributed by atoms with E-state index in [2.05, 4.69) is 16.6 Å². The molecule has 38 heavy (non-hydrogen) atoms. The van der Waals surface area contributed by atoms with E-state index in [0.717, 1.165) is 17.5 Å². The molecule has 0 spiro atoms. The van der Waals surface area contributed by atoms with E-state index < -0.39 is 31.8 Å². The van der Waals surface area contributed by atoms with Crippen LogP contribution in [0.1, 0.15) is 31.4 Å². The first-order valence-electron chi connectivity index (χ1n) is 12.1. The number of sulfonamides is 2. The fourth-order valence-corrected chi connectivity index (χ4v) is 6.12. The number of alkyl halides is 3. The van der Waals surface area contributed by atoms with E-state index in [0.29, 0.717) is 30.9 Å². The number of benzene rings is 2. The Morgan fingerprint density at radius 2 is 1.71 bits per heavy atom. The van der Waals surface area contributed by atoms with Crippen molar-refractivity contribution in [2.24, 2.45) is 5.92 Å². The van der Waals surface area contributed by atoms with Gasteiger partial charge in [0.1, 0.15) is 0 Å². The first-order valence-corrected chi connectivity index (χ1v) is 15.1. The molecule has 0 saturated carbocycles. The molecule has 0 aromatic heterocycles. The molecular formula is C25H33F3N4O4S2. The summed E-state index contributed by atoms with van der Waals surface area (Å²) in [5, 5.41) is 4.10. The van der Waals surface area contributed by atoms with Crippen molar-refractivity contribution in [2.75, 3.05) is 31.2 Å². The van der Waals surface area contributed by atoms with Crippen molar-refractivity contribution < 1.29 is 30.0 Å². The maximum atomic E-state index is 13.2. The Morgan fingerprint density at radius 1 is 1.08 bits per heavy atom. The second-order valence-electron chi connectivity index (χ2n) is 9.48. The van der Waals surface area contributed by atoms with Crippen molar-refractivity contribution in [3.05, 3.63) is 71.6 Å². The molecule has 0 radical (unpaired) electrons. The summed E-state index contributed by atoms with van der Waals surface area (Å²) in [5.41, 5.74) is 0.662. The molecule has 0 aliphatic carbocycles. The molecule has 1 atom stereocenters. The summed E-state index contributed by atoms with van der Waals surface area (Å²) in [4.78, 5) is 2.02. The molecule has 8 nitrogen and oxygen atoms in total. The fourth-order valence-electron chi connectivity index (χ4n) is 4.00. The number of halogens is 3. The molecule has 210 valence electrons. The summed E-state index contributed by atoms with van der Waals surface area (Å²) in [6, 6.07) is 11.5. The van der Waals surface area contributed by atoms with E-state index in [1.807, 2.05) is 18.7 Å². The lowest BCUT2D eigenvalue weighted by molar-refractivity contribution is -0.137. The van der Waals surface area contributed by atoms with E-state index in [9.17, 15) is 30.0 Å². The molecular weight excluding hydrogens is 541 g/mol. The fraction of sp³-hybridized carbons (Fsp3) is 0.440.